The van der Waals surface area contributed by atoms with E-state index in [9.17, 15) is 0 Å². The number of hydrogen-bond donors (Lipinski definition) is 2. The van der Waals surface area contributed by atoms with Gasteiger partial charge >= 0.3 is 0 Å². The zero-order valence-electron chi connectivity index (χ0n) is 11.9. The molecule has 1 heterocycles. The van der Waals surface area contributed by atoms with Gasteiger partial charge in [-0.15, -0.1) is 11.8 Å². The van der Waals surface area contributed by atoms with Crippen LogP contribution in [0.5, 0.6) is 0 Å². The molecule has 0 atom stereocenters. The topological polar surface area (TPSA) is 27.8 Å². The lowest BCUT2D eigenvalue weighted by Gasteiger charge is -2.21. The van der Waals surface area contributed by atoms with Crippen LogP contribution in [0, 0.1) is 0 Å². The van der Waals surface area contributed by atoms with Crippen LogP contribution in [0.3, 0.4) is 0 Å². The van der Waals surface area contributed by atoms with Gasteiger partial charge in [0.2, 0.25) is 0 Å². The molecule has 2 rings (SSSR count). The van der Waals surface area contributed by atoms with Gasteiger partial charge in [0.15, 0.2) is 0 Å². The van der Waals surface area contributed by atoms with Crippen LogP contribution < -0.4 is 5.32 Å². The van der Waals surface area contributed by atoms with Crippen LogP contribution in [0.2, 0.25) is 0 Å². The third kappa shape index (κ3) is 4.44. The van der Waals surface area contributed by atoms with Gasteiger partial charge in [0.25, 0.3) is 0 Å². The Morgan fingerprint density at radius 3 is 2.74 bits per heavy atom. The number of H-pyrrole nitrogens is 1. The monoisotopic (exact) mass is 274 g/mol. The summed E-state index contributed by atoms with van der Waals surface area (Å²) in [5, 5.41) is 5.94. The van der Waals surface area contributed by atoms with E-state index >= 15 is 0 Å². The summed E-state index contributed by atoms with van der Waals surface area (Å²) in [5.74, 6) is 0.940. The second-order valence-corrected chi connectivity index (χ2v) is 6.88. The van der Waals surface area contributed by atoms with Crippen molar-refractivity contribution in [3.8, 4) is 0 Å². The number of aromatic nitrogens is 1. The first kappa shape index (κ1) is 14.2. The van der Waals surface area contributed by atoms with Crippen molar-refractivity contribution < 1.29 is 0 Å². The van der Waals surface area contributed by atoms with Crippen LogP contribution in [0.15, 0.2) is 47.5 Å². The molecule has 0 spiro atoms. The van der Waals surface area contributed by atoms with E-state index in [1.807, 2.05) is 11.8 Å². The summed E-state index contributed by atoms with van der Waals surface area (Å²) >= 11 is 1.81. The first-order valence-corrected chi connectivity index (χ1v) is 7.55. The van der Waals surface area contributed by atoms with Gasteiger partial charge < -0.3 is 10.3 Å². The summed E-state index contributed by atoms with van der Waals surface area (Å²) in [4.78, 5) is 3.42. The molecule has 0 saturated heterocycles. The number of benzene rings is 1. The van der Waals surface area contributed by atoms with Crippen LogP contribution in [0.1, 0.15) is 20.8 Å². The number of fused-ring (bicyclic) bond motifs is 1. The van der Waals surface area contributed by atoms with E-state index in [0.717, 1.165) is 12.3 Å². The van der Waals surface area contributed by atoms with E-state index < -0.39 is 0 Å². The SMILES string of the molecule is C=C(CNC(C)(C)C)CSc1cc2ccccc2[nH]1. The van der Waals surface area contributed by atoms with Crippen molar-refractivity contribution in [1.82, 2.24) is 10.3 Å². The van der Waals surface area contributed by atoms with Gasteiger partial charge in [0.05, 0.1) is 5.03 Å². The van der Waals surface area contributed by atoms with Gasteiger partial charge in [-0.05, 0) is 32.9 Å². The van der Waals surface area contributed by atoms with E-state index in [0.29, 0.717) is 0 Å². The maximum absolute atomic E-state index is 4.13. The average Bonchev–Trinajstić information content (AvgIpc) is 2.75. The molecule has 0 radical (unpaired) electrons. The molecule has 0 aliphatic carbocycles. The first-order chi connectivity index (χ1) is 8.94. The lowest BCUT2D eigenvalue weighted by atomic mass is 10.1. The predicted molar refractivity (Wildman–Crippen MR) is 85.9 cm³/mol. The van der Waals surface area contributed by atoms with Gasteiger partial charge in [0.1, 0.15) is 0 Å². The molecule has 0 unspecified atom stereocenters. The normalized spacial score (nSPS) is 11.9. The highest BCUT2D eigenvalue weighted by molar-refractivity contribution is 7.99. The smallest absolute Gasteiger partial charge is 0.0735 e. The highest BCUT2D eigenvalue weighted by Crippen LogP contribution is 2.24. The molecule has 2 nitrogen and oxygen atoms in total. The van der Waals surface area contributed by atoms with Crippen molar-refractivity contribution in [1.29, 1.82) is 0 Å². The fourth-order valence-corrected chi connectivity index (χ4v) is 2.60. The van der Waals surface area contributed by atoms with Gasteiger partial charge in [-0.3, -0.25) is 0 Å². The molecular formula is C16H22N2S. The Bertz CT molecular complexity index is 530. The number of aromatic amines is 1. The molecule has 0 aliphatic rings. The van der Waals surface area contributed by atoms with E-state index in [1.165, 1.54) is 21.5 Å². The molecule has 2 N–H and O–H groups in total. The molecule has 3 heteroatoms. The highest BCUT2D eigenvalue weighted by atomic mass is 32.2. The number of hydrogen-bond acceptors (Lipinski definition) is 2. The molecule has 0 bridgehead atoms. The predicted octanol–water partition coefficient (Wildman–Crippen LogP) is 4.20. The van der Waals surface area contributed by atoms with Gasteiger partial charge in [-0.25, -0.2) is 0 Å². The van der Waals surface area contributed by atoms with Crippen molar-refractivity contribution in [3.63, 3.8) is 0 Å². The van der Waals surface area contributed by atoms with Crippen molar-refractivity contribution in [2.75, 3.05) is 12.3 Å². The molecule has 19 heavy (non-hydrogen) atoms. The number of nitrogens with one attached hydrogen (secondary N) is 2. The number of para-hydroxylation sites is 1. The summed E-state index contributed by atoms with van der Waals surface area (Å²) in [6, 6.07) is 10.6. The maximum atomic E-state index is 4.13. The van der Waals surface area contributed by atoms with Gasteiger partial charge in [-0.2, -0.15) is 0 Å². The van der Waals surface area contributed by atoms with Gasteiger partial charge in [-0.1, -0.05) is 30.4 Å². The molecule has 1 aromatic carbocycles. The second kappa shape index (κ2) is 5.85. The van der Waals surface area contributed by atoms with E-state index in [4.69, 9.17) is 0 Å². The van der Waals surface area contributed by atoms with E-state index in [-0.39, 0.29) is 5.54 Å². The Kier molecular flexibility index (Phi) is 4.38. The molecule has 2 aromatic rings. The average molecular weight is 274 g/mol. The number of rotatable bonds is 5. The van der Waals surface area contributed by atoms with Crippen LogP contribution in [-0.4, -0.2) is 22.8 Å². The lowest BCUT2D eigenvalue weighted by molar-refractivity contribution is 0.445. The highest BCUT2D eigenvalue weighted by Gasteiger charge is 2.09. The Morgan fingerprint density at radius 2 is 2.05 bits per heavy atom. The molecule has 0 saturated carbocycles. The van der Waals surface area contributed by atoms with Gasteiger partial charge in [0, 0.05) is 28.7 Å². The van der Waals surface area contributed by atoms with Crippen LogP contribution in [0.25, 0.3) is 10.9 Å². The quantitative estimate of drug-likeness (QED) is 0.631. The largest absolute Gasteiger partial charge is 0.350 e. The van der Waals surface area contributed by atoms with Crippen molar-refractivity contribution >= 4 is 22.7 Å². The molecule has 0 amide bonds. The lowest BCUT2D eigenvalue weighted by Crippen LogP contribution is -2.37. The molecule has 1 aromatic heterocycles. The fraction of sp³-hybridized carbons (Fsp3) is 0.375. The van der Waals surface area contributed by atoms with E-state index in [1.54, 1.807) is 0 Å². The maximum Gasteiger partial charge on any atom is 0.0735 e. The Hall–Kier alpha value is -1.19. The summed E-state index contributed by atoms with van der Waals surface area (Å²) in [5.41, 5.74) is 2.57. The minimum Gasteiger partial charge on any atom is -0.350 e. The Labute approximate surface area is 119 Å². The molecular weight excluding hydrogens is 252 g/mol. The zero-order valence-corrected chi connectivity index (χ0v) is 12.7. The summed E-state index contributed by atoms with van der Waals surface area (Å²) < 4.78 is 0. The van der Waals surface area contributed by atoms with Crippen LogP contribution >= 0.6 is 11.8 Å². The third-order valence-electron chi connectivity index (χ3n) is 2.81. The fourth-order valence-electron chi connectivity index (χ4n) is 1.75. The zero-order chi connectivity index (χ0) is 13.9. The Morgan fingerprint density at radius 1 is 1.32 bits per heavy atom. The molecule has 0 fully saturated rings. The molecule has 0 aliphatic heterocycles. The first-order valence-electron chi connectivity index (χ1n) is 6.56. The van der Waals surface area contributed by atoms with E-state index in [2.05, 4.69) is 68.0 Å². The summed E-state index contributed by atoms with van der Waals surface area (Å²) in [6.07, 6.45) is 0. The van der Waals surface area contributed by atoms with Crippen molar-refractivity contribution in [2.45, 2.75) is 31.3 Å². The minimum absolute atomic E-state index is 0.148. The summed E-state index contributed by atoms with van der Waals surface area (Å²) in [6.45, 7) is 11.5. The number of thioether (sulfide) groups is 1. The second-order valence-electron chi connectivity index (χ2n) is 5.86. The minimum atomic E-state index is 0.148. The van der Waals surface area contributed by atoms with Crippen LogP contribution in [-0.2, 0) is 0 Å². The third-order valence-corrected chi connectivity index (χ3v) is 3.89. The van der Waals surface area contributed by atoms with Crippen LogP contribution in [0.4, 0.5) is 0 Å². The molecule has 102 valence electrons. The summed E-state index contributed by atoms with van der Waals surface area (Å²) in [7, 11) is 0. The standard InChI is InChI=1S/C16H22N2S/c1-12(10-17-16(2,3)4)11-19-15-9-13-7-5-6-8-14(13)18-15/h5-9,17-18H,1,10-11H2,2-4H3. The van der Waals surface area contributed by atoms with Crippen molar-refractivity contribution in [3.05, 3.63) is 42.5 Å². The Balaban J connectivity index is 1.86. The van der Waals surface area contributed by atoms with Crippen molar-refractivity contribution in [2.24, 2.45) is 0 Å².